The van der Waals surface area contributed by atoms with Crippen molar-refractivity contribution in [3.63, 3.8) is 0 Å². The Morgan fingerprint density at radius 1 is 0.980 bits per heavy atom. The maximum absolute atomic E-state index is 14.3. The maximum Gasteiger partial charge on any atom is 0.318 e. The molecule has 2 aliphatic rings. The van der Waals surface area contributed by atoms with Gasteiger partial charge >= 0.3 is 6.03 Å². The fourth-order valence-electron chi connectivity index (χ4n) is 7.25. The predicted octanol–water partition coefficient (Wildman–Crippen LogP) is 3.30. The number of β-amino-alcohol motifs (C(OH)–C–C–N with tert-alkyl or cyclic N) is 1. The number of amides is 4. The van der Waals surface area contributed by atoms with Crippen LogP contribution in [0.3, 0.4) is 0 Å². The van der Waals surface area contributed by atoms with Gasteiger partial charge in [-0.25, -0.2) is 13.2 Å². The van der Waals surface area contributed by atoms with Gasteiger partial charge in [0, 0.05) is 50.9 Å². The molecule has 1 aliphatic carbocycles. The average Bonchev–Trinajstić information content (AvgIpc) is 3.05. The molecule has 12 nitrogen and oxygen atoms in total. The summed E-state index contributed by atoms with van der Waals surface area (Å²) in [7, 11) is -2.33. The number of carbonyl (C=O) groups is 3. The van der Waals surface area contributed by atoms with Crippen molar-refractivity contribution in [2.24, 2.45) is 11.8 Å². The second-order valence-corrected chi connectivity index (χ2v) is 18.7. The van der Waals surface area contributed by atoms with Gasteiger partial charge in [0.1, 0.15) is 6.04 Å². The van der Waals surface area contributed by atoms with Crippen molar-refractivity contribution in [3.8, 4) is 0 Å². The molecule has 1 saturated carbocycles. The van der Waals surface area contributed by atoms with Crippen molar-refractivity contribution in [1.82, 2.24) is 30.7 Å². The number of hydrogen-bond acceptors (Lipinski definition) is 8. The Kier molecular flexibility index (Phi) is 13.3. The lowest BCUT2D eigenvalue weighted by atomic mass is 9.72. The molecule has 0 radical (unpaired) electrons. The monoisotopic (exact) mass is 726 g/mol. The van der Waals surface area contributed by atoms with E-state index >= 15 is 0 Å². The van der Waals surface area contributed by atoms with E-state index in [2.05, 4.69) is 25.8 Å². The van der Waals surface area contributed by atoms with Crippen LogP contribution in [-0.4, -0.2) is 107 Å². The van der Waals surface area contributed by atoms with Crippen LogP contribution in [-0.2, 0) is 32.4 Å². The van der Waals surface area contributed by atoms with Crippen LogP contribution < -0.4 is 16.0 Å². The average molecular weight is 727 g/mol. The van der Waals surface area contributed by atoms with Crippen LogP contribution in [0.5, 0.6) is 0 Å². The summed E-state index contributed by atoms with van der Waals surface area (Å²) in [4.78, 5) is 48.9. The van der Waals surface area contributed by atoms with E-state index in [0.717, 1.165) is 43.1 Å². The first-order valence-electron chi connectivity index (χ1n) is 18.0. The number of nitrogens with zero attached hydrogens (tertiary/aromatic N) is 3. The molecule has 0 spiro atoms. The van der Waals surface area contributed by atoms with Crippen molar-refractivity contribution >= 4 is 27.7 Å². The quantitative estimate of drug-likeness (QED) is 0.245. The summed E-state index contributed by atoms with van der Waals surface area (Å²) in [6.45, 7) is 9.64. The summed E-state index contributed by atoms with van der Waals surface area (Å²) in [5.41, 5.74) is 1.19. The molecule has 2 fully saturated rings. The molecule has 0 bridgehead atoms. The zero-order chi connectivity index (χ0) is 37.6. The van der Waals surface area contributed by atoms with Crippen molar-refractivity contribution in [2.45, 2.75) is 114 Å². The van der Waals surface area contributed by atoms with E-state index in [-0.39, 0.29) is 25.4 Å². The van der Waals surface area contributed by atoms with Gasteiger partial charge in [0.25, 0.3) is 0 Å². The molecule has 1 aromatic heterocycles. The van der Waals surface area contributed by atoms with E-state index in [0.29, 0.717) is 24.8 Å². The highest BCUT2D eigenvalue weighted by Crippen LogP contribution is 2.39. The minimum atomic E-state index is -3.88. The van der Waals surface area contributed by atoms with Gasteiger partial charge < -0.3 is 26.0 Å². The maximum atomic E-state index is 14.3. The van der Waals surface area contributed by atoms with Crippen LogP contribution in [0.2, 0.25) is 0 Å². The van der Waals surface area contributed by atoms with E-state index in [1.165, 1.54) is 18.7 Å². The number of aromatic nitrogens is 1. The number of sulfone groups is 1. The second kappa shape index (κ2) is 16.9. The number of urea groups is 1. The molecule has 6 unspecified atom stereocenters. The Bertz CT molecular complexity index is 1580. The molecular weight excluding hydrogens is 669 g/mol. The molecule has 6 atom stereocenters. The number of rotatable bonds is 13. The normalized spacial score (nSPS) is 21.8. The van der Waals surface area contributed by atoms with E-state index in [1.807, 2.05) is 57.2 Å². The van der Waals surface area contributed by atoms with E-state index in [4.69, 9.17) is 0 Å². The highest BCUT2D eigenvalue weighted by atomic mass is 32.2. The van der Waals surface area contributed by atoms with E-state index in [1.54, 1.807) is 25.5 Å². The first kappa shape index (κ1) is 40.2. The Morgan fingerprint density at radius 3 is 2.24 bits per heavy atom. The van der Waals surface area contributed by atoms with Gasteiger partial charge in [-0.3, -0.25) is 19.5 Å². The number of aliphatic hydroxyl groups excluding tert-OH is 1. The van der Waals surface area contributed by atoms with Crippen molar-refractivity contribution in [2.75, 3.05) is 26.4 Å². The molecule has 1 saturated heterocycles. The van der Waals surface area contributed by atoms with Gasteiger partial charge in [-0.2, -0.15) is 0 Å². The van der Waals surface area contributed by atoms with Crippen molar-refractivity contribution in [1.29, 1.82) is 0 Å². The first-order valence-corrected chi connectivity index (χ1v) is 19.9. The summed E-state index contributed by atoms with van der Waals surface area (Å²) in [5.74, 6) is 0.0594. The fourth-order valence-corrected chi connectivity index (χ4v) is 7.85. The Morgan fingerprint density at radius 2 is 1.63 bits per heavy atom. The lowest BCUT2D eigenvalue weighted by Crippen LogP contribution is -2.64. The predicted molar refractivity (Wildman–Crippen MR) is 198 cm³/mol. The molecule has 1 aromatic carbocycles. The number of fused-ring (bicyclic) bond motifs is 1. The first-order chi connectivity index (χ1) is 23.9. The molecular formula is C38H58N6O6S. The third-order valence-electron chi connectivity index (χ3n) is 10.5. The highest BCUT2D eigenvalue weighted by molar-refractivity contribution is 7.92. The summed E-state index contributed by atoms with van der Waals surface area (Å²) in [5, 5.41) is 20.7. The van der Waals surface area contributed by atoms with Gasteiger partial charge in [0.05, 0.1) is 22.9 Å². The van der Waals surface area contributed by atoms with Crippen molar-refractivity contribution < 1.29 is 27.9 Å². The SMILES string of the molecule is CN(Cc1cccnc1)C(=O)NC(C(=O)NC(Cc1ccccc1)C(O)CN1CC2CCCCC2CC1C(=O)NC(C)(C)C)C(C)(C)S(C)(=O)=O. The molecule has 4 amide bonds. The third-order valence-corrected chi connectivity index (χ3v) is 12.6. The summed E-state index contributed by atoms with van der Waals surface area (Å²) < 4.78 is 24.5. The standard InChI is InChI=1S/C38H58N6O6S/c1-37(2,3)42-34(46)31-21-28-17-11-12-18-29(28)24-44(31)25-32(45)30(20-26-14-9-8-10-15-26)40-35(47)33(38(4,5)51(7,49)50)41-36(48)43(6)23-27-16-13-19-39-22-27/h8-10,13-16,19,22,28-33,45H,11-12,17-18,20-21,23-25H2,1-7H3,(H,40,47)(H,41,48)(H,42,46). The number of piperidine rings is 1. The summed E-state index contributed by atoms with van der Waals surface area (Å²) in [6, 6.07) is 9.54. The Labute approximate surface area is 304 Å². The van der Waals surface area contributed by atoms with Gasteiger partial charge in [-0.15, -0.1) is 0 Å². The molecule has 4 N–H and O–H groups in total. The number of aliphatic hydroxyl groups is 1. The Hall–Kier alpha value is -3.55. The molecule has 2 heterocycles. The largest absolute Gasteiger partial charge is 0.390 e. The molecule has 282 valence electrons. The second-order valence-electron chi connectivity index (χ2n) is 16.1. The van der Waals surface area contributed by atoms with Gasteiger partial charge in [0.15, 0.2) is 9.84 Å². The van der Waals surface area contributed by atoms with Crippen LogP contribution in [0.1, 0.15) is 77.8 Å². The van der Waals surface area contributed by atoms with Gasteiger partial charge in [-0.1, -0.05) is 55.7 Å². The number of pyridine rings is 1. The smallest absolute Gasteiger partial charge is 0.318 e. The van der Waals surface area contributed by atoms with Crippen LogP contribution >= 0.6 is 0 Å². The topological polar surface area (TPSA) is 161 Å². The minimum absolute atomic E-state index is 0.0737. The minimum Gasteiger partial charge on any atom is -0.390 e. The number of benzene rings is 1. The van der Waals surface area contributed by atoms with Gasteiger partial charge in [0.2, 0.25) is 11.8 Å². The van der Waals surface area contributed by atoms with E-state index in [9.17, 15) is 27.9 Å². The van der Waals surface area contributed by atoms with Crippen LogP contribution in [0.4, 0.5) is 4.79 Å². The lowest BCUT2D eigenvalue weighted by molar-refractivity contribution is -0.133. The van der Waals surface area contributed by atoms with Crippen molar-refractivity contribution in [3.05, 3.63) is 66.0 Å². The highest BCUT2D eigenvalue weighted by Gasteiger charge is 2.46. The molecule has 2 aromatic rings. The fraction of sp³-hybridized carbons (Fsp3) is 0.632. The zero-order valence-electron chi connectivity index (χ0n) is 31.3. The third kappa shape index (κ3) is 11.0. The lowest BCUT2D eigenvalue weighted by Gasteiger charge is -2.47. The molecule has 51 heavy (non-hydrogen) atoms. The number of carbonyl (C=O) groups excluding carboxylic acids is 3. The van der Waals surface area contributed by atoms with Crippen LogP contribution in [0, 0.1) is 11.8 Å². The Balaban J connectivity index is 1.60. The zero-order valence-corrected chi connectivity index (χ0v) is 32.1. The number of likely N-dealkylation sites (tertiary alicyclic amines) is 1. The number of nitrogens with one attached hydrogen (secondary N) is 3. The molecule has 1 aliphatic heterocycles. The van der Waals surface area contributed by atoms with Crippen LogP contribution in [0.15, 0.2) is 54.9 Å². The molecule has 13 heteroatoms. The molecule has 4 rings (SSSR count). The van der Waals surface area contributed by atoms with E-state index < -0.39 is 56.3 Å². The number of hydrogen-bond donors (Lipinski definition) is 4. The summed E-state index contributed by atoms with van der Waals surface area (Å²) in [6.07, 6.45) is 8.58. The van der Waals surface area contributed by atoms with Gasteiger partial charge in [-0.05, 0) is 82.9 Å². The van der Waals surface area contributed by atoms with Crippen LogP contribution in [0.25, 0.3) is 0 Å². The summed E-state index contributed by atoms with van der Waals surface area (Å²) >= 11 is 0.